The van der Waals surface area contributed by atoms with Gasteiger partial charge in [-0.2, -0.15) is 0 Å². The van der Waals surface area contributed by atoms with Crippen molar-refractivity contribution in [2.24, 2.45) is 29.4 Å². The Morgan fingerprint density at radius 2 is 1.66 bits per heavy atom. The number of carbonyl (C=O) groups is 5. The maximum absolute atomic E-state index is 14.0. The van der Waals surface area contributed by atoms with Crippen molar-refractivity contribution in [2.45, 2.75) is 82.1 Å². The number of anilines is 1. The molecular weight excluding hydrogens is 528 g/mol. The van der Waals surface area contributed by atoms with Crippen molar-refractivity contribution >= 4 is 34.7 Å². The third-order valence-electron chi connectivity index (χ3n) is 9.48. The molecule has 41 heavy (non-hydrogen) atoms. The number of nitrogens with zero attached hydrogens (tertiary/aromatic N) is 1. The van der Waals surface area contributed by atoms with E-state index in [0.717, 1.165) is 12.8 Å². The fraction of sp³-hybridized carbons (Fsp3) is 0.633. The van der Waals surface area contributed by atoms with E-state index in [1.807, 2.05) is 0 Å². The van der Waals surface area contributed by atoms with Gasteiger partial charge in [-0.15, -0.1) is 0 Å². The summed E-state index contributed by atoms with van der Waals surface area (Å²) in [5.74, 6) is -10.4. The second-order valence-electron chi connectivity index (χ2n) is 13.9. The van der Waals surface area contributed by atoms with Gasteiger partial charge in [0.05, 0.1) is 23.2 Å². The molecule has 1 aliphatic heterocycles. The Kier molecular flexibility index (Phi) is 6.75. The highest BCUT2D eigenvalue weighted by Gasteiger charge is 2.69. The molecule has 5 rings (SSSR count). The zero-order valence-electron chi connectivity index (χ0n) is 24.4. The fourth-order valence-electron chi connectivity index (χ4n) is 8.34. The Morgan fingerprint density at radius 3 is 2.22 bits per heavy atom. The average Bonchev–Trinajstić information content (AvgIpc) is 2.80. The van der Waals surface area contributed by atoms with Gasteiger partial charge in [-0.05, 0) is 85.0 Å². The zero-order valence-corrected chi connectivity index (χ0v) is 24.4. The minimum atomic E-state index is -2.73. The highest BCUT2D eigenvalue weighted by molar-refractivity contribution is 6.32. The van der Waals surface area contributed by atoms with E-state index in [0.29, 0.717) is 11.3 Å². The van der Waals surface area contributed by atoms with Gasteiger partial charge in [0.1, 0.15) is 5.75 Å². The maximum Gasteiger partial charge on any atom is 0.235 e. The Balaban J connectivity index is 1.51. The van der Waals surface area contributed by atoms with Gasteiger partial charge in [0.15, 0.2) is 34.7 Å². The number of hydrogen-bond acceptors (Lipinski definition) is 10. The lowest BCUT2D eigenvalue weighted by atomic mass is 9.52. The first-order valence-corrected chi connectivity index (χ1v) is 14.1. The number of ketones is 4. The van der Waals surface area contributed by atoms with E-state index in [4.69, 9.17) is 5.73 Å². The van der Waals surface area contributed by atoms with E-state index in [-0.39, 0.29) is 41.3 Å². The van der Waals surface area contributed by atoms with Crippen LogP contribution in [0.15, 0.2) is 12.1 Å². The molecule has 3 fully saturated rings. The molecule has 4 aliphatic rings. The van der Waals surface area contributed by atoms with Gasteiger partial charge >= 0.3 is 0 Å². The number of fused-ring (bicyclic) bond motifs is 3. The normalized spacial score (nSPS) is 34.6. The number of nitrogens with two attached hydrogens (primary N) is 1. The molecule has 6 atom stereocenters. The number of carbonyl (C=O) groups excluding carboxylic acids is 5. The SMILES string of the molecule is CN(C)[C@@H]1C(=O)C(C(N)=O)C(=O)[C@@]2(O)C(=O)C3C(=O)c4c(ccc(NC5CC(C)(C)NC(C)(C)C5)c4O)C[C@H]3C[C@@H]12. The van der Waals surface area contributed by atoms with Gasteiger partial charge in [-0.3, -0.25) is 28.9 Å². The predicted molar refractivity (Wildman–Crippen MR) is 149 cm³/mol. The van der Waals surface area contributed by atoms with Crippen LogP contribution in [0.4, 0.5) is 5.69 Å². The first-order valence-electron chi connectivity index (χ1n) is 14.1. The minimum Gasteiger partial charge on any atom is -0.505 e. The second kappa shape index (κ2) is 9.43. The maximum atomic E-state index is 14.0. The van der Waals surface area contributed by atoms with Crippen LogP contribution in [-0.4, -0.2) is 87.0 Å². The van der Waals surface area contributed by atoms with Crippen molar-refractivity contribution in [3.05, 3.63) is 23.3 Å². The summed E-state index contributed by atoms with van der Waals surface area (Å²) in [6, 6.07) is 2.38. The zero-order chi connectivity index (χ0) is 30.4. The molecule has 1 saturated heterocycles. The number of amides is 1. The topological polar surface area (TPSA) is 179 Å². The number of piperidine rings is 1. The number of likely N-dealkylation sites (N-methyl/N-ethyl adjacent to an activating group) is 1. The highest BCUT2D eigenvalue weighted by Crippen LogP contribution is 2.51. The van der Waals surface area contributed by atoms with Gasteiger partial charge in [0.2, 0.25) is 5.91 Å². The first-order chi connectivity index (χ1) is 18.9. The van der Waals surface area contributed by atoms with E-state index >= 15 is 0 Å². The van der Waals surface area contributed by atoms with Crippen LogP contribution in [0.5, 0.6) is 5.75 Å². The molecule has 11 heteroatoms. The number of aliphatic hydroxyl groups is 1. The first kappa shape index (κ1) is 29.3. The number of phenols is 1. The van der Waals surface area contributed by atoms with E-state index in [1.165, 1.54) is 4.90 Å². The average molecular weight is 569 g/mol. The van der Waals surface area contributed by atoms with Crippen LogP contribution in [0.2, 0.25) is 0 Å². The smallest absolute Gasteiger partial charge is 0.235 e. The van der Waals surface area contributed by atoms with Crippen molar-refractivity contribution in [1.82, 2.24) is 10.2 Å². The summed E-state index contributed by atoms with van der Waals surface area (Å²) in [6.45, 7) is 8.43. The molecule has 6 N–H and O–H groups in total. The molecule has 1 aromatic carbocycles. The molecule has 0 spiro atoms. The summed E-state index contributed by atoms with van der Waals surface area (Å²) >= 11 is 0. The number of phenolic OH excluding ortho intramolecular Hbond substituents is 1. The summed E-state index contributed by atoms with van der Waals surface area (Å²) in [5, 5.41) is 30.0. The second-order valence-corrected chi connectivity index (χ2v) is 13.9. The molecule has 2 saturated carbocycles. The van der Waals surface area contributed by atoms with Gasteiger partial charge in [0.25, 0.3) is 0 Å². The summed E-state index contributed by atoms with van der Waals surface area (Å²) in [7, 11) is 3.12. The third kappa shape index (κ3) is 4.49. The Bertz CT molecular complexity index is 1350. The quantitative estimate of drug-likeness (QED) is 0.255. The van der Waals surface area contributed by atoms with Crippen molar-refractivity contribution in [1.29, 1.82) is 0 Å². The number of rotatable bonds is 4. The summed E-state index contributed by atoms with van der Waals surface area (Å²) < 4.78 is 0. The van der Waals surface area contributed by atoms with Crippen LogP contribution in [0.1, 0.15) is 62.9 Å². The van der Waals surface area contributed by atoms with Crippen molar-refractivity contribution < 1.29 is 34.2 Å². The molecule has 3 aliphatic carbocycles. The Hall–Kier alpha value is -3.15. The van der Waals surface area contributed by atoms with Crippen LogP contribution < -0.4 is 16.4 Å². The van der Waals surface area contributed by atoms with Crippen LogP contribution in [0.25, 0.3) is 0 Å². The number of benzene rings is 1. The van der Waals surface area contributed by atoms with Gasteiger partial charge in [-0.25, -0.2) is 0 Å². The Labute approximate surface area is 239 Å². The van der Waals surface area contributed by atoms with E-state index in [2.05, 4.69) is 38.3 Å². The predicted octanol–water partition coefficient (Wildman–Crippen LogP) is 0.588. The number of aromatic hydroxyl groups is 1. The molecular formula is C30H40N4O7. The molecule has 0 aromatic heterocycles. The Morgan fingerprint density at radius 1 is 1.05 bits per heavy atom. The van der Waals surface area contributed by atoms with Crippen LogP contribution in [-0.2, 0) is 25.6 Å². The lowest BCUT2D eigenvalue weighted by Gasteiger charge is -2.52. The molecule has 11 nitrogen and oxygen atoms in total. The number of hydrogen-bond donors (Lipinski definition) is 5. The standard InChI is InChI=1S/C30H40N4O7/c1-28(2)11-15(12-29(3,4)33-28)32-17-8-7-13-9-14-10-16-21(34(5)6)24(37)20(27(31)40)26(39)30(16,41)25(38)19(14)23(36)18(13)22(17)35/h7-8,14-16,19-21,32-33,35,41H,9-12H2,1-6H3,(H2,31,40)/t14-,16-,19?,20?,21-,30-/m0/s1. The van der Waals surface area contributed by atoms with Crippen LogP contribution in [0, 0.1) is 23.7 Å². The molecule has 2 unspecified atom stereocenters. The van der Waals surface area contributed by atoms with Gasteiger partial charge in [0, 0.05) is 23.0 Å². The van der Waals surface area contributed by atoms with Crippen LogP contribution in [0.3, 0.4) is 0 Å². The summed E-state index contributed by atoms with van der Waals surface area (Å²) in [4.78, 5) is 68.1. The van der Waals surface area contributed by atoms with Crippen molar-refractivity contribution in [3.8, 4) is 5.75 Å². The van der Waals surface area contributed by atoms with Gasteiger partial charge < -0.3 is 26.6 Å². The fourth-order valence-corrected chi connectivity index (χ4v) is 8.34. The van der Waals surface area contributed by atoms with Gasteiger partial charge in [-0.1, -0.05) is 6.07 Å². The largest absolute Gasteiger partial charge is 0.505 e. The highest BCUT2D eigenvalue weighted by atomic mass is 16.3. The molecule has 222 valence electrons. The molecule has 1 heterocycles. The van der Waals surface area contributed by atoms with Crippen molar-refractivity contribution in [3.63, 3.8) is 0 Å². The molecule has 1 aromatic rings. The molecule has 0 bridgehead atoms. The lowest BCUT2D eigenvalue weighted by Crippen LogP contribution is -2.74. The monoisotopic (exact) mass is 568 g/mol. The van der Waals surface area contributed by atoms with E-state index in [9.17, 15) is 34.2 Å². The minimum absolute atomic E-state index is 0.000482. The molecule has 1 amide bonds. The van der Waals surface area contributed by atoms with E-state index in [1.54, 1.807) is 26.2 Å². The molecule has 0 radical (unpaired) electrons. The summed E-state index contributed by atoms with van der Waals surface area (Å²) in [6.07, 6.45) is 1.82. The van der Waals surface area contributed by atoms with Crippen molar-refractivity contribution in [2.75, 3.05) is 19.4 Å². The summed E-state index contributed by atoms with van der Waals surface area (Å²) in [5.41, 5.74) is 3.26. The van der Waals surface area contributed by atoms with Crippen LogP contribution >= 0.6 is 0 Å². The number of Topliss-reactive ketones (excluding diaryl/α,β-unsaturated/α-hetero) is 4. The number of nitrogens with one attached hydrogen (secondary N) is 2. The third-order valence-corrected chi connectivity index (χ3v) is 9.48. The lowest BCUT2D eigenvalue weighted by molar-refractivity contribution is -0.181. The van der Waals surface area contributed by atoms with E-state index < -0.39 is 64.4 Å². The number of primary amides is 1.